The Morgan fingerprint density at radius 2 is 0.649 bits per heavy atom. The Kier molecular flexibility index (Phi) is 39.7. The summed E-state index contributed by atoms with van der Waals surface area (Å²) in [6.07, 6.45) is 28.0. The minimum absolute atomic E-state index is 0.159. The molecule has 338 valence electrons. The fourth-order valence-corrected chi connectivity index (χ4v) is 7.10. The number of carbonyl (C=O) groups is 3. The molecule has 5 unspecified atom stereocenters. The van der Waals surface area contributed by atoms with E-state index >= 15 is 0 Å². The van der Waals surface area contributed by atoms with Crippen molar-refractivity contribution in [2.24, 2.45) is 0 Å². The summed E-state index contributed by atoms with van der Waals surface area (Å²) in [7, 11) is 0. The van der Waals surface area contributed by atoms with Crippen LogP contribution in [0.15, 0.2) is 0 Å². The number of unbranched alkanes of at least 4 members (excludes halogenated alkanes) is 23. The Balaban J connectivity index is 4.47. The molecule has 0 heterocycles. The fourth-order valence-electron chi connectivity index (χ4n) is 7.10. The topological polar surface area (TPSA) is 160 Å². The first-order chi connectivity index (χ1) is 27.6. The minimum Gasteiger partial charge on any atom is -0.462 e. The summed E-state index contributed by atoms with van der Waals surface area (Å²) in [5.41, 5.74) is 0. The Labute approximate surface area is 349 Å². The lowest BCUT2D eigenvalue weighted by Gasteiger charge is -2.18. The van der Waals surface area contributed by atoms with E-state index in [1.165, 1.54) is 77.0 Å². The molecule has 0 amide bonds. The van der Waals surface area contributed by atoms with Gasteiger partial charge in [0.15, 0.2) is 6.10 Å². The number of carbonyl (C=O) groups excluding carboxylic acids is 3. The standard InChI is InChI=1S/C47H90O10/c1-4-7-9-11-12-13-14-15-16-17-23-31-37-47(54)57-40(38-55-45(52)35-29-24-18-21-27-32-42(49)41(48)6-3)39-56-46(53)36-30-25-19-22-28-34-44(51)43(50)33-26-20-10-8-5-2/h40-44,48-51H,4-39H2,1-3H3. The highest BCUT2D eigenvalue weighted by atomic mass is 16.6. The van der Waals surface area contributed by atoms with Crippen molar-refractivity contribution in [2.75, 3.05) is 13.2 Å². The van der Waals surface area contributed by atoms with E-state index < -0.39 is 30.5 Å². The minimum atomic E-state index is -0.856. The summed E-state index contributed by atoms with van der Waals surface area (Å²) in [5.74, 6) is -1.13. The van der Waals surface area contributed by atoms with Gasteiger partial charge in [-0.1, -0.05) is 175 Å². The van der Waals surface area contributed by atoms with E-state index in [2.05, 4.69) is 13.8 Å². The third-order valence-electron chi connectivity index (χ3n) is 11.1. The Hall–Kier alpha value is -1.75. The van der Waals surface area contributed by atoms with Crippen molar-refractivity contribution >= 4 is 17.9 Å². The second-order valence-corrected chi connectivity index (χ2v) is 16.6. The van der Waals surface area contributed by atoms with Crippen molar-refractivity contribution in [2.45, 2.75) is 270 Å². The SMILES string of the molecule is CCCCCCCCCCCCCCC(=O)OC(COC(=O)CCCCCCCC(O)C(O)CC)COC(=O)CCCCCCCC(O)C(O)CCCCCCC. The van der Waals surface area contributed by atoms with E-state index in [0.29, 0.717) is 38.5 Å². The molecule has 10 heteroatoms. The monoisotopic (exact) mass is 815 g/mol. The molecule has 0 rings (SSSR count). The smallest absolute Gasteiger partial charge is 0.306 e. The van der Waals surface area contributed by atoms with Gasteiger partial charge < -0.3 is 34.6 Å². The van der Waals surface area contributed by atoms with Gasteiger partial charge in [-0.05, 0) is 44.9 Å². The maximum Gasteiger partial charge on any atom is 0.306 e. The zero-order chi connectivity index (χ0) is 42.2. The van der Waals surface area contributed by atoms with Gasteiger partial charge in [0.05, 0.1) is 24.4 Å². The second kappa shape index (κ2) is 41.0. The van der Waals surface area contributed by atoms with Crippen molar-refractivity contribution in [3.05, 3.63) is 0 Å². The van der Waals surface area contributed by atoms with Gasteiger partial charge in [-0.15, -0.1) is 0 Å². The van der Waals surface area contributed by atoms with Gasteiger partial charge in [0.25, 0.3) is 0 Å². The summed E-state index contributed by atoms with van der Waals surface area (Å²) in [6, 6.07) is 0. The largest absolute Gasteiger partial charge is 0.462 e. The van der Waals surface area contributed by atoms with E-state index in [4.69, 9.17) is 14.2 Å². The number of rotatable bonds is 43. The molecule has 4 N–H and O–H groups in total. The van der Waals surface area contributed by atoms with Gasteiger partial charge in [-0.25, -0.2) is 0 Å². The van der Waals surface area contributed by atoms with Crippen LogP contribution >= 0.6 is 0 Å². The maximum atomic E-state index is 12.7. The first-order valence-electron chi connectivity index (χ1n) is 23.9. The van der Waals surface area contributed by atoms with Crippen LogP contribution in [-0.2, 0) is 28.6 Å². The molecule has 0 saturated heterocycles. The average molecular weight is 815 g/mol. The number of aliphatic hydroxyl groups is 4. The molecule has 0 aromatic heterocycles. The average Bonchev–Trinajstić information content (AvgIpc) is 3.20. The van der Waals surface area contributed by atoms with Crippen LogP contribution in [0.1, 0.15) is 239 Å². The molecule has 0 aliphatic heterocycles. The van der Waals surface area contributed by atoms with E-state index in [1.807, 2.05) is 6.92 Å². The molecule has 0 spiro atoms. The van der Waals surface area contributed by atoms with Crippen LogP contribution in [0.2, 0.25) is 0 Å². The predicted octanol–water partition coefficient (Wildman–Crippen LogP) is 10.8. The number of ether oxygens (including phenoxy) is 3. The lowest BCUT2D eigenvalue weighted by Crippen LogP contribution is -2.30. The van der Waals surface area contributed by atoms with E-state index in [1.54, 1.807) is 0 Å². The molecule has 0 bridgehead atoms. The molecule has 0 radical (unpaired) electrons. The molecule has 0 aliphatic rings. The molecule has 0 aromatic carbocycles. The van der Waals surface area contributed by atoms with Gasteiger partial charge in [0.2, 0.25) is 0 Å². The molecule has 0 aliphatic carbocycles. The first-order valence-corrected chi connectivity index (χ1v) is 23.9. The zero-order valence-corrected chi connectivity index (χ0v) is 37.1. The Morgan fingerprint density at radius 1 is 0.368 bits per heavy atom. The molecule has 0 fully saturated rings. The van der Waals surface area contributed by atoms with Crippen LogP contribution in [0.4, 0.5) is 0 Å². The number of esters is 3. The van der Waals surface area contributed by atoms with Gasteiger partial charge in [-0.2, -0.15) is 0 Å². The van der Waals surface area contributed by atoms with Crippen molar-refractivity contribution in [3.63, 3.8) is 0 Å². The quantitative estimate of drug-likeness (QED) is 0.0265. The number of hydrogen-bond donors (Lipinski definition) is 4. The van der Waals surface area contributed by atoms with Crippen molar-refractivity contribution in [1.82, 2.24) is 0 Å². The number of hydrogen-bond acceptors (Lipinski definition) is 10. The van der Waals surface area contributed by atoms with Crippen LogP contribution < -0.4 is 0 Å². The van der Waals surface area contributed by atoms with E-state index in [-0.39, 0.29) is 50.4 Å². The van der Waals surface area contributed by atoms with E-state index in [9.17, 15) is 34.8 Å². The first kappa shape index (κ1) is 55.2. The summed E-state index contributed by atoms with van der Waals surface area (Å²) in [5, 5.41) is 40.1. The lowest BCUT2D eigenvalue weighted by atomic mass is 10.00. The summed E-state index contributed by atoms with van der Waals surface area (Å²) in [4.78, 5) is 37.7. The summed E-state index contributed by atoms with van der Waals surface area (Å²) < 4.78 is 16.6. The summed E-state index contributed by atoms with van der Waals surface area (Å²) in [6.45, 7) is 5.94. The van der Waals surface area contributed by atoms with Gasteiger partial charge in [0, 0.05) is 19.3 Å². The van der Waals surface area contributed by atoms with Gasteiger partial charge >= 0.3 is 17.9 Å². The Bertz CT molecular complexity index is 915. The molecule has 10 nitrogen and oxygen atoms in total. The normalized spacial score (nSPS) is 14.2. The van der Waals surface area contributed by atoms with Crippen molar-refractivity contribution in [3.8, 4) is 0 Å². The molecule has 0 saturated carbocycles. The molecular weight excluding hydrogens is 725 g/mol. The van der Waals surface area contributed by atoms with Gasteiger partial charge in [0.1, 0.15) is 13.2 Å². The van der Waals surface area contributed by atoms with Crippen LogP contribution in [0, 0.1) is 0 Å². The Morgan fingerprint density at radius 3 is 0.982 bits per heavy atom. The molecule has 0 aromatic rings. The number of aliphatic hydroxyl groups excluding tert-OH is 4. The van der Waals surface area contributed by atoms with Crippen LogP contribution in [0.3, 0.4) is 0 Å². The van der Waals surface area contributed by atoms with E-state index in [0.717, 1.165) is 83.5 Å². The fraction of sp³-hybridized carbons (Fsp3) is 0.936. The highest BCUT2D eigenvalue weighted by molar-refractivity contribution is 5.71. The van der Waals surface area contributed by atoms with Crippen molar-refractivity contribution in [1.29, 1.82) is 0 Å². The third-order valence-corrected chi connectivity index (χ3v) is 11.1. The third kappa shape index (κ3) is 37.0. The second-order valence-electron chi connectivity index (χ2n) is 16.6. The van der Waals surface area contributed by atoms with Gasteiger partial charge in [-0.3, -0.25) is 14.4 Å². The summed E-state index contributed by atoms with van der Waals surface area (Å²) >= 11 is 0. The maximum absolute atomic E-state index is 12.7. The highest BCUT2D eigenvalue weighted by Crippen LogP contribution is 2.17. The highest BCUT2D eigenvalue weighted by Gasteiger charge is 2.20. The van der Waals surface area contributed by atoms with Crippen LogP contribution in [0.25, 0.3) is 0 Å². The molecule has 5 atom stereocenters. The molecular formula is C47H90O10. The van der Waals surface area contributed by atoms with Crippen molar-refractivity contribution < 1.29 is 49.0 Å². The predicted molar refractivity (Wildman–Crippen MR) is 230 cm³/mol. The lowest BCUT2D eigenvalue weighted by molar-refractivity contribution is -0.167. The molecule has 57 heavy (non-hydrogen) atoms. The van der Waals surface area contributed by atoms with Crippen LogP contribution in [-0.4, -0.2) is 82.1 Å². The zero-order valence-electron chi connectivity index (χ0n) is 37.1. The van der Waals surface area contributed by atoms with Crippen LogP contribution in [0.5, 0.6) is 0 Å².